The molecule has 0 aromatic heterocycles. The van der Waals surface area contributed by atoms with Crippen molar-refractivity contribution in [2.75, 3.05) is 13.2 Å². The van der Waals surface area contributed by atoms with E-state index in [1.807, 2.05) is 0 Å². The number of hydrogen-bond donors (Lipinski definition) is 2. The van der Waals surface area contributed by atoms with Gasteiger partial charge in [-0.25, -0.2) is 0 Å². The SMILES string of the molecule is N[C@@H]1COCC[C@@H]1O. The van der Waals surface area contributed by atoms with Crippen LogP contribution in [0.15, 0.2) is 0 Å². The highest BCUT2D eigenvalue weighted by Crippen LogP contribution is 2.03. The summed E-state index contributed by atoms with van der Waals surface area (Å²) in [5.74, 6) is 0. The van der Waals surface area contributed by atoms with Gasteiger partial charge in [0.25, 0.3) is 0 Å². The Morgan fingerprint density at radius 3 is 2.75 bits per heavy atom. The van der Waals surface area contributed by atoms with E-state index in [0.717, 1.165) is 0 Å². The fourth-order valence-electron chi connectivity index (χ4n) is 0.749. The Balaban J connectivity index is 2.28. The highest BCUT2D eigenvalue weighted by Gasteiger charge is 2.18. The molecule has 0 unspecified atom stereocenters. The second-order valence-corrected chi connectivity index (χ2v) is 2.09. The van der Waals surface area contributed by atoms with Gasteiger partial charge in [0.1, 0.15) is 0 Å². The molecule has 1 fully saturated rings. The first-order chi connectivity index (χ1) is 3.80. The lowest BCUT2D eigenvalue weighted by Gasteiger charge is -2.23. The smallest absolute Gasteiger partial charge is 0.0735 e. The van der Waals surface area contributed by atoms with Gasteiger partial charge in [0, 0.05) is 6.61 Å². The van der Waals surface area contributed by atoms with Gasteiger partial charge in [-0.05, 0) is 6.42 Å². The molecule has 1 saturated heterocycles. The lowest BCUT2D eigenvalue weighted by Crippen LogP contribution is -2.43. The number of rotatable bonds is 0. The summed E-state index contributed by atoms with van der Waals surface area (Å²) in [7, 11) is 0. The second-order valence-electron chi connectivity index (χ2n) is 2.09. The van der Waals surface area contributed by atoms with Crippen LogP contribution in [0.1, 0.15) is 6.42 Å². The van der Waals surface area contributed by atoms with Gasteiger partial charge in [0.15, 0.2) is 0 Å². The van der Waals surface area contributed by atoms with Crippen molar-refractivity contribution in [3.63, 3.8) is 0 Å². The fourth-order valence-corrected chi connectivity index (χ4v) is 0.749. The molecule has 3 N–H and O–H groups in total. The van der Waals surface area contributed by atoms with E-state index in [0.29, 0.717) is 19.6 Å². The van der Waals surface area contributed by atoms with Crippen LogP contribution < -0.4 is 5.73 Å². The molecule has 2 atom stereocenters. The van der Waals surface area contributed by atoms with Gasteiger partial charge >= 0.3 is 0 Å². The summed E-state index contributed by atoms with van der Waals surface area (Å²) in [5.41, 5.74) is 5.40. The number of aliphatic hydroxyl groups excluding tert-OH is 1. The van der Waals surface area contributed by atoms with Crippen LogP contribution in [0.3, 0.4) is 0 Å². The highest BCUT2D eigenvalue weighted by molar-refractivity contribution is 4.74. The number of aliphatic hydroxyl groups is 1. The Morgan fingerprint density at radius 1 is 1.62 bits per heavy atom. The third kappa shape index (κ3) is 1.18. The van der Waals surface area contributed by atoms with Gasteiger partial charge in [0.05, 0.1) is 18.8 Å². The maximum absolute atomic E-state index is 8.97. The number of nitrogens with two attached hydrogens (primary N) is 1. The lowest BCUT2D eigenvalue weighted by molar-refractivity contribution is -0.00319. The van der Waals surface area contributed by atoms with Gasteiger partial charge < -0.3 is 15.6 Å². The Bertz CT molecular complexity index is 66.8. The van der Waals surface area contributed by atoms with Crippen molar-refractivity contribution in [1.29, 1.82) is 0 Å². The fraction of sp³-hybridized carbons (Fsp3) is 1.00. The van der Waals surface area contributed by atoms with E-state index in [9.17, 15) is 0 Å². The van der Waals surface area contributed by atoms with Gasteiger partial charge in [-0.2, -0.15) is 0 Å². The van der Waals surface area contributed by atoms with Gasteiger partial charge in [-0.3, -0.25) is 0 Å². The van der Waals surface area contributed by atoms with Crippen molar-refractivity contribution in [2.24, 2.45) is 5.73 Å². The van der Waals surface area contributed by atoms with Crippen molar-refractivity contribution in [3.8, 4) is 0 Å². The van der Waals surface area contributed by atoms with E-state index in [4.69, 9.17) is 15.6 Å². The quantitative estimate of drug-likeness (QED) is 0.432. The van der Waals surface area contributed by atoms with Crippen LogP contribution in [-0.4, -0.2) is 30.5 Å². The summed E-state index contributed by atoms with van der Waals surface area (Å²) in [6.07, 6.45) is 0.338. The summed E-state index contributed by atoms with van der Waals surface area (Å²) >= 11 is 0. The van der Waals surface area contributed by atoms with Crippen LogP contribution in [0.4, 0.5) is 0 Å². The average Bonchev–Trinajstić information content (AvgIpc) is 1.77. The first kappa shape index (κ1) is 6.01. The number of hydrogen-bond acceptors (Lipinski definition) is 3. The minimum atomic E-state index is -0.344. The monoisotopic (exact) mass is 117 g/mol. The molecule has 1 aliphatic rings. The van der Waals surface area contributed by atoms with E-state index < -0.39 is 0 Å². The van der Waals surface area contributed by atoms with E-state index >= 15 is 0 Å². The van der Waals surface area contributed by atoms with Crippen LogP contribution in [0.25, 0.3) is 0 Å². The molecule has 0 radical (unpaired) electrons. The average molecular weight is 117 g/mol. The topological polar surface area (TPSA) is 55.5 Å². The van der Waals surface area contributed by atoms with Gasteiger partial charge in [0.2, 0.25) is 0 Å². The standard InChI is InChI=1S/C5H11NO2/c6-4-3-8-2-1-5(4)7/h4-5,7H,1-3,6H2/t4-,5+/m1/s1. The molecule has 3 heteroatoms. The van der Waals surface area contributed by atoms with Crippen molar-refractivity contribution in [1.82, 2.24) is 0 Å². The lowest BCUT2D eigenvalue weighted by atomic mass is 10.1. The van der Waals surface area contributed by atoms with E-state index in [2.05, 4.69) is 0 Å². The Hall–Kier alpha value is -0.120. The third-order valence-electron chi connectivity index (χ3n) is 1.36. The molecule has 0 aromatic carbocycles. The van der Waals surface area contributed by atoms with E-state index in [1.54, 1.807) is 0 Å². The van der Waals surface area contributed by atoms with Crippen LogP contribution in [0, 0.1) is 0 Å². The van der Waals surface area contributed by atoms with Crippen molar-refractivity contribution < 1.29 is 9.84 Å². The molecule has 48 valence electrons. The maximum atomic E-state index is 8.97. The van der Waals surface area contributed by atoms with Crippen molar-refractivity contribution in [3.05, 3.63) is 0 Å². The molecule has 1 heterocycles. The zero-order valence-electron chi connectivity index (χ0n) is 4.71. The van der Waals surface area contributed by atoms with Crippen LogP contribution in [0.5, 0.6) is 0 Å². The predicted octanol–water partition coefficient (Wildman–Crippen LogP) is -0.905. The van der Waals surface area contributed by atoms with Gasteiger partial charge in [-0.1, -0.05) is 0 Å². The zero-order valence-corrected chi connectivity index (χ0v) is 4.71. The zero-order chi connectivity index (χ0) is 5.98. The molecule has 0 aliphatic carbocycles. The van der Waals surface area contributed by atoms with Crippen molar-refractivity contribution in [2.45, 2.75) is 18.6 Å². The van der Waals surface area contributed by atoms with Crippen LogP contribution >= 0.6 is 0 Å². The molecule has 0 aromatic rings. The minimum Gasteiger partial charge on any atom is -0.391 e. The normalized spacial score (nSPS) is 39.8. The highest BCUT2D eigenvalue weighted by atomic mass is 16.5. The van der Waals surface area contributed by atoms with E-state index in [1.165, 1.54) is 0 Å². The molecule has 0 saturated carbocycles. The van der Waals surface area contributed by atoms with Gasteiger partial charge in [-0.15, -0.1) is 0 Å². The third-order valence-corrected chi connectivity index (χ3v) is 1.36. The summed E-state index contributed by atoms with van der Waals surface area (Å²) in [5, 5.41) is 8.97. The van der Waals surface area contributed by atoms with Crippen LogP contribution in [0.2, 0.25) is 0 Å². The first-order valence-electron chi connectivity index (χ1n) is 2.82. The molecule has 8 heavy (non-hydrogen) atoms. The molecule has 0 spiro atoms. The number of ether oxygens (including phenoxy) is 1. The van der Waals surface area contributed by atoms with Crippen molar-refractivity contribution >= 4 is 0 Å². The largest absolute Gasteiger partial charge is 0.391 e. The van der Waals surface area contributed by atoms with Crippen LogP contribution in [-0.2, 0) is 4.74 Å². The molecule has 1 aliphatic heterocycles. The predicted molar refractivity (Wildman–Crippen MR) is 29.4 cm³/mol. The summed E-state index contributed by atoms with van der Waals surface area (Å²) in [6, 6.07) is -0.163. The molecule has 0 amide bonds. The maximum Gasteiger partial charge on any atom is 0.0735 e. The molecular formula is C5H11NO2. The van der Waals surface area contributed by atoms with E-state index in [-0.39, 0.29) is 12.1 Å². The Morgan fingerprint density at radius 2 is 2.38 bits per heavy atom. The minimum absolute atomic E-state index is 0.163. The molecule has 1 rings (SSSR count). The summed E-state index contributed by atoms with van der Waals surface area (Å²) in [4.78, 5) is 0. The molecule has 0 bridgehead atoms. The summed E-state index contributed by atoms with van der Waals surface area (Å²) < 4.78 is 4.97. The molecular weight excluding hydrogens is 106 g/mol. The first-order valence-corrected chi connectivity index (χ1v) is 2.82. The Labute approximate surface area is 48.4 Å². The Kier molecular flexibility index (Phi) is 1.83. The summed E-state index contributed by atoms with van der Waals surface area (Å²) in [6.45, 7) is 1.15. The second kappa shape index (κ2) is 2.44. The molecule has 3 nitrogen and oxygen atoms in total.